The fourth-order valence-corrected chi connectivity index (χ4v) is 4.05. The number of likely N-dealkylation sites (N-methyl/N-ethyl adjacent to an activating group) is 1. The normalized spacial score (nSPS) is 22.6. The summed E-state index contributed by atoms with van der Waals surface area (Å²) in [6.45, 7) is 5.25. The van der Waals surface area contributed by atoms with Crippen LogP contribution in [-0.4, -0.2) is 59.0 Å². The summed E-state index contributed by atoms with van der Waals surface area (Å²) in [5.74, 6) is -0.583. The van der Waals surface area contributed by atoms with Crippen molar-refractivity contribution in [2.24, 2.45) is 0 Å². The number of rotatable bonds is 4. The number of piperidine rings is 1. The molecule has 3 aliphatic rings. The summed E-state index contributed by atoms with van der Waals surface area (Å²) in [5, 5.41) is 0. The average Bonchev–Trinajstić information content (AvgIpc) is 2.57. The van der Waals surface area contributed by atoms with Gasteiger partial charge in [-0.05, 0) is 38.7 Å². The highest BCUT2D eigenvalue weighted by Gasteiger charge is 2.31. The van der Waals surface area contributed by atoms with Crippen LogP contribution in [0, 0.1) is 5.82 Å². The van der Waals surface area contributed by atoms with Gasteiger partial charge in [0.25, 0.3) is 11.8 Å². The molecule has 5 nitrogen and oxygen atoms in total. The third-order valence-corrected chi connectivity index (χ3v) is 5.89. The number of carbonyl (C=O) groups excluding carboxylic acids is 1. The zero-order chi connectivity index (χ0) is 17.4. The summed E-state index contributed by atoms with van der Waals surface area (Å²) in [6.07, 6.45) is 6.48. The maximum Gasteiger partial charge on any atom is 0.255 e. The Labute approximate surface area is 148 Å². The van der Waals surface area contributed by atoms with Crippen molar-refractivity contribution in [2.75, 3.05) is 26.2 Å². The van der Waals surface area contributed by atoms with Crippen LogP contribution < -0.4 is 4.74 Å². The molecule has 0 spiro atoms. The van der Waals surface area contributed by atoms with Crippen LogP contribution in [0.2, 0.25) is 0 Å². The predicted octanol–water partition coefficient (Wildman–Crippen LogP) is 2.63. The van der Waals surface area contributed by atoms with Gasteiger partial charge in [-0.2, -0.15) is 0 Å². The van der Waals surface area contributed by atoms with E-state index in [0.29, 0.717) is 30.8 Å². The van der Waals surface area contributed by atoms with Gasteiger partial charge < -0.3 is 14.5 Å². The van der Waals surface area contributed by atoms with Gasteiger partial charge in [0.15, 0.2) is 5.82 Å². The first-order chi connectivity index (χ1) is 12.2. The lowest BCUT2D eigenvalue weighted by Gasteiger charge is -2.41. The smallest absolute Gasteiger partial charge is 0.255 e. The number of likely N-dealkylation sites (tertiary alicyclic amines) is 1. The molecule has 136 valence electrons. The van der Waals surface area contributed by atoms with E-state index in [2.05, 4.69) is 9.88 Å². The summed E-state index contributed by atoms with van der Waals surface area (Å²) in [5.41, 5.74) is 1.05. The fourth-order valence-electron chi connectivity index (χ4n) is 4.05. The Morgan fingerprint density at radius 3 is 2.64 bits per heavy atom. The SMILES string of the molecule is CCN1CCc2nc(OC3CCN(C4CCC4)CC3)c(F)cc2C1=O. The lowest BCUT2D eigenvalue weighted by molar-refractivity contribution is 0.0455. The standard InChI is InChI=1S/C19H26FN3O2/c1-2-22-11-8-17-15(19(22)24)12-16(20)18(21-17)25-14-6-9-23(10-7-14)13-4-3-5-13/h12-14H,2-11H2,1H3. The van der Waals surface area contributed by atoms with Crippen LogP contribution in [0.25, 0.3) is 0 Å². The third-order valence-electron chi connectivity index (χ3n) is 5.89. The topological polar surface area (TPSA) is 45.7 Å². The fraction of sp³-hybridized carbons (Fsp3) is 0.684. The molecule has 1 saturated heterocycles. The van der Waals surface area contributed by atoms with Crippen LogP contribution in [0.15, 0.2) is 6.07 Å². The second-order valence-electron chi connectivity index (χ2n) is 7.34. The highest BCUT2D eigenvalue weighted by atomic mass is 19.1. The van der Waals surface area contributed by atoms with Crippen molar-refractivity contribution in [3.05, 3.63) is 23.1 Å². The number of amides is 1. The molecule has 1 saturated carbocycles. The summed E-state index contributed by atoms with van der Waals surface area (Å²) < 4.78 is 20.3. The highest BCUT2D eigenvalue weighted by molar-refractivity contribution is 5.96. The van der Waals surface area contributed by atoms with Crippen LogP contribution in [0.4, 0.5) is 4.39 Å². The minimum atomic E-state index is -0.522. The minimum absolute atomic E-state index is 0.0165. The number of hydrogen-bond acceptors (Lipinski definition) is 4. The molecule has 4 rings (SSSR count). The molecular weight excluding hydrogens is 321 g/mol. The molecule has 1 aromatic heterocycles. The monoisotopic (exact) mass is 347 g/mol. The van der Waals surface area contributed by atoms with Gasteiger partial charge >= 0.3 is 0 Å². The number of pyridine rings is 1. The van der Waals surface area contributed by atoms with Crippen LogP contribution in [0.5, 0.6) is 5.88 Å². The molecule has 0 radical (unpaired) electrons. The van der Waals surface area contributed by atoms with Gasteiger partial charge in [-0.1, -0.05) is 6.42 Å². The van der Waals surface area contributed by atoms with E-state index in [1.54, 1.807) is 4.90 Å². The van der Waals surface area contributed by atoms with E-state index in [0.717, 1.165) is 32.0 Å². The Kier molecular flexibility index (Phi) is 4.63. The molecule has 0 atom stereocenters. The van der Waals surface area contributed by atoms with Crippen LogP contribution in [0.1, 0.15) is 55.1 Å². The highest BCUT2D eigenvalue weighted by Crippen LogP contribution is 2.29. The average molecular weight is 347 g/mol. The molecule has 1 amide bonds. The Morgan fingerprint density at radius 1 is 1.24 bits per heavy atom. The van der Waals surface area contributed by atoms with Gasteiger partial charge in [0.2, 0.25) is 0 Å². The Bertz CT molecular complexity index is 654. The van der Waals surface area contributed by atoms with Gasteiger partial charge in [-0.25, -0.2) is 9.37 Å². The largest absolute Gasteiger partial charge is 0.472 e. The Morgan fingerprint density at radius 2 is 2.00 bits per heavy atom. The summed E-state index contributed by atoms with van der Waals surface area (Å²) >= 11 is 0. The first-order valence-electron chi connectivity index (χ1n) is 9.55. The molecule has 0 aromatic carbocycles. The van der Waals surface area contributed by atoms with Crippen molar-refractivity contribution >= 4 is 5.91 Å². The molecule has 0 N–H and O–H groups in total. The van der Waals surface area contributed by atoms with Crippen LogP contribution in [0.3, 0.4) is 0 Å². The summed E-state index contributed by atoms with van der Waals surface area (Å²) in [6, 6.07) is 2.07. The van der Waals surface area contributed by atoms with Crippen LogP contribution in [-0.2, 0) is 6.42 Å². The van der Waals surface area contributed by atoms with Gasteiger partial charge in [0, 0.05) is 38.6 Å². The van der Waals surface area contributed by atoms with E-state index in [4.69, 9.17) is 4.74 Å². The molecule has 0 bridgehead atoms. The minimum Gasteiger partial charge on any atom is -0.472 e. The molecule has 2 fully saturated rings. The number of ether oxygens (including phenoxy) is 1. The van der Waals surface area contributed by atoms with Gasteiger partial charge in [0.05, 0.1) is 11.3 Å². The molecule has 0 unspecified atom stereocenters. The van der Waals surface area contributed by atoms with Crippen molar-refractivity contribution in [1.82, 2.24) is 14.8 Å². The summed E-state index contributed by atoms with van der Waals surface area (Å²) in [7, 11) is 0. The molecule has 1 aliphatic carbocycles. The molecule has 1 aromatic rings. The zero-order valence-electron chi connectivity index (χ0n) is 14.8. The van der Waals surface area contributed by atoms with Crippen molar-refractivity contribution < 1.29 is 13.9 Å². The quantitative estimate of drug-likeness (QED) is 0.840. The number of nitrogens with zero attached hydrogens (tertiary/aromatic N) is 3. The lowest BCUT2D eigenvalue weighted by atomic mass is 9.90. The second kappa shape index (κ2) is 6.90. The van der Waals surface area contributed by atoms with Gasteiger partial charge in [-0.15, -0.1) is 0 Å². The van der Waals surface area contributed by atoms with Gasteiger partial charge in [-0.3, -0.25) is 4.79 Å². The van der Waals surface area contributed by atoms with E-state index in [9.17, 15) is 9.18 Å². The van der Waals surface area contributed by atoms with Crippen molar-refractivity contribution in [2.45, 2.75) is 57.6 Å². The predicted molar refractivity (Wildman–Crippen MR) is 92.3 cm³/mol. The van der Waals surface area contributed by atoms with Gasteiger partial charge in [0.1, 0.15) is 6.10 Å². The number of aromatic nitrogens is 1. The molecule has 2 aliphatic heterocycles. The van der Waals surface area contributed by atoms with E-state index >= 15 is 0 Å². The Balaban J connectivity index is 1.42. The third kappa shape index (κ3) is 3.24. The Hall–Kier alpha value is -1.69. The van der Waals surface area contributed by atoms with Crippen molar-refractivity contribution in [3.8, 4) is 5.88 Å². The van der Waals surface area contributed by atoms with E-state index in [-0.39, 0.29) is 17.9 Å². The molecule has 3 heterocycles. The van der Waals surface area contributed by atoms with Crippen molar-refractivity contribution in [3.63, 3.8) is 0 Å². The maximum absolute atomic E-state index is 14.4. The van der Waals surface area contributed by atoms with Crippen LogP contribution >= 0.6 is 0 Å². The zero-order valence-corrected chi connectivity index (χ0v) is 14.8. The number of carbonyl (C=O) groups is 1. The number of hydrogen-bond donors (Lipinski definition) is 0. The van der Waals surface area contributed by atoms with E-state index in [1.807, 2.05) is 6.92 Å². The lowest BCUT2D eigenvalue weighted by Crippen LogP contribution is -2.47. The molecule has 6 heteroatoms. The van der Waals surface area contributed by atoms with Crippen molar-refractivity contribution in [1.29, 1.82) is 0 Å². The first kappa shape index (κ1) is 16.8. The van der Waals surface area contributed by atoms with E-state index < -0.39 is 5.82 Å². The van der Waals surface area contributed by atoms with E-state index in [1.165, 1.54) is 25.3 Å². The summed E-state index contributed by atoms with van der Waals surface area (Å²) in [4.78, 5) is 20.9. The molecule has 25 heavy (non-hydrogen) atoms. The number of fused-ring (bicyclic) bond motifs is 1. The second-order valence-corrected chi connectivity index (χ2v) is 7.34. The maximum atomic E-state index is 14.4. The molecular formula is C19H26FN3O2. The first-order valence-corrected chi connectivity index (χ1v) is 9.55. The number of halogens is 1.